The molecular weight excluding hydrogens is 220 g/mol. The van der Waals surface area contributed by atoms with Crippen molar-refractivity contribution in [3.63, 3.8) is 0 Å². The van der Waals surface area contributed by atoms with Gasteiger partial charge >= 0.3 is 0 Å². The predicted octanol–water partition coefficient (Wildman–Crippen LogP) is 2.41. The quantitative estimate of drug-likeness (QED) is 0.769. The Balaban J connectivity index is 2.26. The van der Waals surface area contributed by atoms with E-state index < -0.39 is 6.43 Å². The summed E-state index contributed by atoms with van der Waals surface area (Å²) in [5.41, 5.74) is 0. The van der Waals surface area contributed by atoms with Gasteiger partial charge in [-0.05, 0) is 13.0 Å². The molecule has 1 aromatic rings. The molecule has 0 spiro atoms. The van der Waals surface area contributed by atoms with Gasteiger partial charge in [-0.3, -0.25) is 0 Å². The van der Waals surface area contributed by atoms with Gasteiger partial charge in [-0.1, -0.05) is 25.2 Å². The van der Waals surface area contributed by atoms with Gasteiger partial charge in [0, 0.05) is 12.5 Å². The van der Waals surface area contributed by atoms with Crippen molar-refractivity contribution < 1.29 is 8.78 Å². The Labute approximate surface area is 91.9 Å². The Morgan fingerprint density at radius 2 is 2.07 bits per heavy atom. The lowest BCUT2D eigenvalue weighted by Gasteiger charge is -2.05. The van der Waals surface area contributed by atoms with Gasteiger partial charge in [0.15, 0.2) is 5.01 Å². The smallest absolute Gasteiger partial charge is 0.291 e. The highest BCUT2D eigenvalue weighted by Gasteiger charge is 2.13. The fraction of sp³-hybridized carbons (Fsp3) is 0.778. The van der Waals surface area contributed by atoms with Crippen LogP contribution in [0.4, 0.5) is 8.78 Å². The molecule has 0 saturated heterocycles. The summed E-state index contributed by atoms with van der Waals surface area (Å²) in [4.78, 5) is 0. The first kappa shape index (κ1) is 12.4. The molecule has 86 valence electrons. The minimum atomic E-state index is -2.50. The molecule has 0 atom stereocenters. The molecule has 0 aliphatic heterocycles. The summed E-state index contributed by atoms with van der Waals surface area (Å²) in [7, 11) is 0. The third-order valence-corrected chi connectivity index (χ3v) is 2.78. The number of hydrogen-bond donors (Lipinski definition) is 1. The fourth-order valence-corrected chi connectivity index (χ4v) is 1.83. The van der Waals surface area contributed by atoms with E-state index in [4.69, 9.17) is 0 Å². The lowest BCUT2D eigenvalue weighted by atomic mass is 10.3. The van der Waals surface area contributed by atoms with Crippen LogP contribution in [0.1, 0.15) is 36.7 Å². The molecule has 0 radical (unpaired) electrons. The molecule has 0 fully saturated rings. The van der Waals surface area contributed by atoms with Crippen molar-refractivity contribution in [1.29, 1.82) is 0 Å². The van der Waals surface area contributed by atoms with Gasteiger partial charge in [-0.2, -0.15) is 0 Å². The molecule has 1 N–H and O–H groups in total. The van der Waals surface area contributed by atoms with Gasteiger partial charge in [0.1, 0.15) is 5.01 Å². The fourth-order valence-electron chi connectivity index (χ4n) is 1.09. The van der Waals surface area contributed by atoms with Gasteiger partial charge in [0.05, 0.1) is 0 Å². The maximum Gasteiger partial charge on any atom is 0.291 e. The van der Waals surface area contributed by atoms with E-state index in [2.05, 4.69) is 29.4 Å². The SMILES string of the molecule is CC(C)NCCCc1nnc(C(F)F)s1. The van der Waals surface area contributed by atoms with Gasteiger partial charge in [-0.15, -0.1) is 10.2 Å². The largest absolute Gasteiger partial charge is 0.315 e. The molecule has 0 amide bonds. The second-order valence-corrected chi connectivity index (χ2v) is 4.64. The van der Waals surface area contributed by atoms with E-state index in [0.717, 1.165) is 24.3 Å². The van der Waals surface area contributed by atoms with Crippen LogP contribution in [0.25, 0.3) is 0 Å². The van der Waals surface area contributed by atoms with E-state index >= 15 is 0 Å². The number of aromatic nitrogens is 2. The molecule has 1 rings (SSSR count). The second kappa shape index (κ2) is 6.07. The van der Waals surface area contributed by atoms with Gasteiger partial charge in [0.25, 0.3) is 6.43 Å². The summed E-state index contributed by atoms with van der Waals surface area (Å²) < 4.78 is 24.3. The number of hydrogen-bond acceptors (Lipinski definition) is 4. The first-order chi connectivity index (χ1) is 7.09. The van der Waals surface area contributed by atoms with Gasteiger partial charge in [-0.25, -0.2) is 8.78 Å². The lowest BCUT2D eigenvalue weighted by molar-refractivity contribution is 0.150. The summed E-state index contributed by atoms with van der Waals surface area (Å²) in [6, 6.07) is 0.455. The Bertz CT molecular complexity index is 289. The molecule has 0 aliphatic carbocycles. The van der Waals surface area contributed by atoms with Crippen LogP contribution in [0.15, 0.2) is 0 Å². The van der Waals surface area contributed by atoms with Crippen molar-refractivity contribution in [3.8, 4) is 0 Å². The lowest BCUT2D eigenvalue weighted by Crippen LogP contribution is -2.23. The van der Waals surface area contributed by atoms with Crippen molar-refractivity contribution in [2.45, 2.75) is 39.2 Å². The second-order valence-electron chi connectivity index (χ2n) is 3.55. The van der Waals surface area contributed by atoms with Gasteiger partial charge < -0.3 is 5.32 Å². The molecule has 15 heavy (non-hydrogen) atoms. The highest BCUT2D eigenvalue weighted by molar-refractivity contribution is 7.11. The van der Waals surface area contributed by atoms with Crippen LogP contribution in [0.3, 0.4) is 0 Å². The third-order valence-electron chi connectivity index (χ3n) is 1.79. The van der Waals surface area contributed by atoms with Crippen LogP contribution in [0.5, 0.6) is 0 Å². The maximum absolute atomic E-state index is 12.2. The highest BCUT2D eigenvalue weighted by Crippen LogP contribution is 2.22. The van der Waals surface area contributed by atoms with Crippen LogP contribution in [-0.4, -0.2) is 22.8 Å². The minimum absolute atomic E-state index is 0.179. The molecule has 0 bridgehead atoms. The molecule has 1 heterocycles. The van der Waals surface area contributed by atoms with Gasteiger partial charge in [0.2, 0.25) is 0 Å². The van der Waals surface area contributed by atoms with E-state index in [1.807, 2.05) is 0 Å². The number of halogens is 2. The summed E-state index contributed by atoms with van der Waals surface area (Å²) >= 11 is 1.000. The van der Waals surface area contributed by atoms with Crippen molar-refractivity contribution in [3.05, 3.63) is 10.0 Å². The monoisotopic (exact) mass is 235 g/mol. The molecular formula is C9H15F2N3S. The zero-order chi connectivity index (χ0) is 11.3. The van der Waals surface area contributed by atoms with E-state index in [0.29, 0.717) is 17.5 Å². The number of aryl methyl sites for hydroxylation is 1. The zero-order valence-electron chi connectivity index (χ0n) is 8.83. The summed E-state index contributed by atoms with van der Waals surface area (Å²) in [6.07, 6.45) is -0.884. The minimum Gasteiger partial charge on any atom is -0.315 e. The standard InChI is InChI=1S/C9H15F2N3S/c1-6(2)12-5-3-4-7-13-14-9(15-7)8(10)11/h6,8,12H,3-5H2,1-2H3. The van der Waals surface area contributed by atoms with Crippen LogP contribution in [-0.2, 0) is 6.42 Å². The summed E-state index contributed by atoms with van der Waals surface area (Å²) in [5, 5.41) is 10.9. The third kappa shape index (κ3) is 4.61. The van der Waals surface area contributed by atoms with Crippen molar-refractivity contribution >= 4 is 11.3 Å². The molecule has 0 aromatic carbocycles. The van der Waals surface area contributed by atoms with Crippen LogP contribution < -0.4 is 5.32 Å². The van der Waals surface area contributed by atoms with Crippen molar-refractivity contribution in [1.82, 2.24) is 15.5 Å². The summed E-state index contributed by atoms with van der Waals surface area (Å²) in [6.45, 7) is 5.01. The van der Waals surface area contributed by atoms with Crippen LogP contribution in [0.2, 0.25) is 0 Å². The van der Waals surface area contributed by atoms with E-state index in [-0.39, 0.29) is 5.01 Å². The number of nitrogens with one attached hydrogen (secondary N) is 1. The van der Waals surface area contributed by atoms with E-state index in [9.17, 15) is 8.78 Å². The number of nitrogens with zero attached hydrogens (tertiary/aromatic N) is 2. The highest BCUT2D eigenvalue weighted by atomic mass is 32.1. The Hall–Kier alpha value is -0.620. The van der Waals surface area contributed by atoms with E-state index in [1.165, 1.54) is 0 Å². The number of alkyl halides is 2. The van der Waals surface area contributed by atoms with E-state index in [1.54, 1.807) is 0 Å². The Morgan fingerprint density at radius 3 is 2.60 bits per heavy atom. The summed E-state index contributed by atoms with van der Waals surface area (Å²) in [5.74, 6) is 0. The topological polar surface area (TPSA) is 37.8 Å². The Morgan fingerprint density at radius 1 is 1.33 bits per heavy atom. The molecule has 0 saturated carbocycles. The normalized spacial score (nSPS) is 11.6. The first-order valence-corrected chi connectivity index (χ1v) is 5.75. The maximum atomic E-state index is 12.2. The molecule has 3 nitrogen and oxygen atoms in total. The predicted molar refractivity (Wildman–Crippen MR) is 56.3 cm³/mol. The average molecular weight is 235 g/mol. The molecule has 1 aromatic heterocycles. The first-order valence-electron chi connectivity index (χ1n) is 4.93. The average Bonchev–Trinajstić information content (AvgIpc) is 2.60. The van der Waals surface area contributed by atoms with Crippen molar-refractivity contribution in [2.24, 2.45) is 0 Å². The van der Waals surface area contributed by atoms with Crippen LogP contribution >= 0.6 is 11.3 Å². The Kier molecular flexibility index (Phi) is 5.04. The van der Waals surface area contributed by atoms with Crippen molar-refractivity contribution in [2.75, 3.05) is 6.54 Å². The zero-order valence-corrected chi connectivity index (χ0v) is 9.65. The molecule has 6 heteroatoms. The molecule has 0 aliphatic rings. The van der Waals surface area contributed by atoms with Crippen LogP contribution in [0, 0.1) is 0 Å². The number of rotatable bonds is 6. The molecule has 0 unspecified atom stereocenters.